The third kappa shape index (κ3) is 2.06. The number of para-hydroxylation sites is 1. The van der Waals surface area contributed by atoms with Crippen molar-refractivity contribution < 1.29 is 0 Å². The number of pyridine rings is 1. The van der Waals surface area contributed by atoms with Crippen LogP contribution in [0.15, 0.2) is 78.5 Å². The van der Waals surface area contributed by atoms with Gasteiger partial charge in [0.25, 0.3) is 0 Å². The number of rotatable bonds is 2. The van der Waals surface area contributed by atoms with Crippen molar-refractivity contribution in [2.75, 3.05) is 0 Å². The summed E-state index contributed by atoms with van der Waals surface area (Å²) in [7, 11) is 0. The van der Waals surface area contributed by atoms with Crippen LogP contribution in [0.1, 0.15) is 24.5 Å². The first-order valence-corrected chi connectivity index (χ1v) is 7.64. The van der Waals surface area contributed by atoms with Gasteiger partial charge in [0.1, 0.15) is 0 Å². The smallest absolute Gasteiger partial charge is 0.0777 e. The molecule has 4 rings (SSSR count). The first-order chi connectivity index (χ1) is 10.8. The van der Waals surface area contributed by atoms with Gasteiger partial charge in [0, 0.05) is 17.1 Å². The highest BCUT2D eigenvalue weighted by Gasteiger charge is 2.18. The average molecular weight is 283 g/mol. The Bertz CT molecular complexity index is 896. The standard InChI is InChI=1S/C21H17N/c1-15-18(16-7-3-2-4-8-16)12-13-19(15)20-11-5-9-17-10-6-14-22-21(17)20/h2-12,14H,13H2,1H3. The molecule has 0 fully saturated rings. The molecule has 106 valence electrons. The maximum atomic E-state index is 4.60. The lowest BCUT2D eigenvalue weighted by Crippen LogP contribution is -1.90. The summed E-state index contributed by atoms with van der Waals surface area (Å²) in [5.41, 5.74) is 7.76. The Morgan fingerprint density at radius 3 is 2.55 bits per heavy atom. The van der Waals surface area contributed by atoms with Crippen LogP contribution in [0.25, 0.3) is 22.0 Å². The van der Waals surface area contributed by atoms with Gasteiger partial charge in [0.15, 0.2) is 0 Å². The highest BCUT2D eigenvalue weighted by atomic mass is 14.6. The molecule has 0 saturated heterocycles. The molecule has 1 heterocycles. The molecular formula is C21H17N. The van der Waals surface area contributed by atoms with E-state index in [2.05, 4.69) is 72.6 Å². The molecule has 1 nitrogen and oxygen atoms in total. The van der Waals surface area contributed by atoms with Gasteiger partial charge >= 0.3 is 0 Å². The van der Waals surface area contributed by atoms with Crippen LogP contribution in [0.4, 0.5) is 0 Å². The van der Waals surface area contributed by atoms with Gasteiger partial charge < -0.3 is 0 Å². The molecule has 2 aromatic carbocycles. The number of hydrogen-bond donors (Lipinski definition) is 0. The minimum atomic E-state index is 0.978. The monoisotopic (exact) mass is 283 g/mol. The van der Waals surface area contributed by atoms with Crippen molar-refractivity contribution >= 4 is 22.0 Å². The van der Waals surface area contributed by atoms with Gasteiger partial charge in [-0.3, -0.25) is 4.98 Å². The molecule has 1 aromatic heterocycles. The quantitative estimate of drug-likeness (QED) is 0.605. The molecule has 0 aliphatic heterocycles. The second-order valence-electron chi connectivity index (χ2n) is 5.67. The molecule has 0 bridgehead atoms. The molecular weight excluding hydrogens is 266 g/mol. The summed E-state index contributed by atoms with van der Waals surface area (Å²) in [6, 6.07) is 21.2. The molecule has 0 N–H and O–H groups in total. The van der Waals surface area contributed by atoms with Gasteiger partial charge in [-0.15, -0.1) is 0 Å². The van der Waals surface area contributed by atoms with E-state index in [4.69, 9.17) is 0 Å². The van der Waals surface area contributed by atoms with Crippen molar-refractivity contribution in [3.63, 3.8) is 0 Å². The zero-order valence-electron chi connectivity index (χ0n) is 12.6. The molecule has 0 saturated carbocycles. The van der Waals surface area contributed by atoms with Gasteiger partial charge in [-0.25, -0.2) is 0 Å². The van der Waals surface area contributed by atoms with Crippen molar-refractivity contribution in [2.45, 2.75) is 13.3 Å². The van der Waals surface area contributed by atoms with Crippen LogP contribution in [0.3, 0.4) is 0 Å². The Labute approximate surface area is 130 Å². The topological polar surface area (TPSA) is 12.9 Å². The number of benzene rings is 2. The van der Waals surface area contributed by atoms with Crippen molar-refractivity contribution in [3.8, 4) is 0 Å². The van der Waals surface area contributed by atoms with Crippen molar-refractivity contribution in [3.05, 3.63) is 89.6 Å². The molecule has 1 aliphatic rings. The Morgan fingerprint density at radius 1 is 0.864 bits per heavy atom. The third-order valence-corrected chi connectivity index (χ3v) is 4.41. The Morgan fingerprint density at radius 2 is 1.68 bits per heavy atom. The molecule has 1 heteroatoms. The average Bonchev–Trinajstić information content (AvgIpc) is 2.96. The van der Waals surface area contributed by atoms with Gasteiger partial charge in [0.05, 0.1) is 5.52 Å². The number of allylic oxidation sites excluding steroid dienone is 4. The van der Waals surface area contributed by atoms with Crippen LogP contribution in [-0.4, -0.2) is 4.98 Å². The fourth-order valence-corrected chi connectivity index (χ4v) is 3.28. The van der Waals surface area contributed by atoms with Crippen LogP contribution in [0, 0.1) is 0 Å². The lowest BCUT2D eigenvalue weighted by Gasteiger charge is -2.10. The van der Waals surface area contributed by atoms with E-state index in [1.807, 2.05) is 12.3 Å². The van der Waals surface area contributed by atoms with Crippen molar-refractivity contribution in [1.82, 2.24) is 4.98 Å². The largest absolute Gasteiger partial charge is 0.256 e. The Balaban J connectivity index is 1.85. The molecule has 0 spiro atoms. The van der Waals surface area contributed by atoms with Crippen LogP contribution >= 0.6 is 0 Å². The summed E-state index contributed by atoms with van der Waals surface area (Å²) < 4.78 is 0. The highest BCUT2D eigenvalue weighted by molar-refractivity contribution is 5.99. The van der Waals surface area contributed by atoms with E-state index in [0.717, 1.165) is 11.9 Å². The summed E-state index contributed by atoms with van der Waals surface area (Å²) in [5.74, 6) is 0. The first-order valence-electron chi connectivity index (χ1n) is 7.64. The maximum absolute atomic E-state index is 4.60. The van der Waals surface area contributed by atoms with E-state index >= 15 is 0 Å². The predicted molar refractivity (Wildman–Crippen MR) is 93.4 cm³/mol. The zero-order chi connectivity index (χ0) is 14.9. The first kappa shape index (κ1) is 13.0. The number of hydrogen-bond acceptors (Lipinski definition) is 1. The number of fused-ring (bicyclic) bond motifs is 1. The summed E-state index contributed by atoms with van der Waals surface area (Å²) in [6.07, 6.45) is 5.19. The number of aromatic nitrogens is 1. The van der Waals surface area contributed by atoms with E-state index in [1.54, 1.807) is 0 Å². The maximum Gasteiger partial charge on any atom is 0.0777 e. The van der Waals surface area contributed by atoms with Crippen LogP contribution in [0.5, 0.6) is 0 Å². The predicted octanol–water partition coefficient (Wildman–Crippen LogP) is 5.50. The fourth-order valence-electron chi connectivity index (χ4n) is 3.28. The second kappa shape index (κ2) is 5.27. The van der Waals surface area contributed by atoms with Crippen LogP contribution in [-0.2, 0) is 0 Å². The van der Waals surface area contributed by atoms with E-state index in [9.17, 15) is 0 Å². The number of nitrogens with zero attached hydrogens (tertiary/aromatic N) is 1. The van der Waals surface area contributed by atoms with Crippen LogP contribution < -0.4 is 0 Å². The normalized spacial score (nSPS) is 14.5. The Hall–Kier alpha value is -2.67. The van der Waals surface area contributed by atoms with Gasteiger partial charge in [-0.1, -0.05) is 60.7 Å². The molecule has 0 amide bonds. The zero-order valence-corrected chi connectivity index (χ0v) is 12.6. The second-order valence-corrected chi connectivity index (χ2v) is 5.67. The van der Waals surface area contributed by atoms with E-state index < -0.39 is 0 Å². The molecule has 22 heavy (non-hydrogen) atoms. The lowest BCUT2D eigenvalue weighted by molar-refractivity contribution is 1.36. The summed E-state index contributed by atoms with van der Waals surface area (Å²) >= 11 is 0. The molecule has 0 atom stereocenters. The SMILES string of the molecule is CC1=C(c2cccc3cccnc23)CC=C1c1ccccc1. The van der Waals surface area contributed by atoms with Crippen molar-refractivity contribution in [1.29, 1.82) is 0 Å². The molecule has 0 unspecified atom stereocenters. The Kier molecular flexibility index (Phi) is 3.12. The molecule has 0 radical (unpaired) electrons. The molecule has 1 aliphatic carbocycles. The highest BCUT2D eigenvalue weighted by Crippen LogP contribution is 2.40. The summed E-state index contributed by atoms with van der Waals surface area (Å²) in [6.45, 7) is 2.23. The molecule has 3 aromatic rings. The minimum absolute atomic E-state index is 0.978. The third-order valence-electron chi connectivity index (χ3n) is 4.41. The van der Waals surface area contributed by atoms with Gasteiger partial charge in [-0.05, 0) is 41.7 Å². The van der Waals surface area contributed by atoms with E-state index in [1.165, 1.54) is 33.2 Å². The van der Waals surface area contributed by atoms with Crippen molar-refractivity contribution in [2.24, 2.45) is 0 Å². The fraction of sp³-hybridized carbons (Fsp3) is 0.0952. The summed E-state index contributed by atoms with van der Waals surface area (Å²) in [4.78, 5) is 4.60. The lowest BCUT2D eigenvalue weighted by atomic mass is 9.95. The van der Waals surface area contributed by atoms with E-state index in [-0.39, 0.29) is 0 Å². The van der Waals surface area contributed by atoms with E-state index in [0.29, 0.717) is 0 Å². The van der Waals surface area contributed by atoms with Gasteiger partial charge in [-0.2, -0.15) is 0 Å². The minimum Gasteiger partial charge on any atom is -0.256 e. The van der Waals surface area contributed by atoms with Gasteiger partial charge in [0.2, 0.25) is 0 Å². The summed E-state index contributed by atoms with van der Waals surface area (Å²) in [5, 5.41) is 1.20. The van der Waals surface area contributed by atoms with Crippen LogP contribution in [0.2, 0.25) is 0 Å².